The molecule has 0 amide bonds. The van der Waals surface area contributed by atoms with Crippen LogP contribution in [0.3, 0.4) is 0 Å². The quantitative estimate of drug-likeness (QED) is 0.114. The molecule has 0 aliphatic carbocycles. The standard InChI is InChI=1S/C22H34O11/c1-4-7-19(26)30-12-17(24)11-29-15-21(33-22(28)16(3)9-6-10-23)32-14-18(25)13-31-20(27)8-5-2/h4-5,7-9,17-18,21,23-25H,6,10-15H2,1-3H3. The number of allylic oxidation sites excluding steroid dienone is 2. The molecule has 0 heterocycles. The predicted octanol–water partition coefficient (Wildman–Crippen LogP) is 0.178. The average molecular weight is 475 g/mol. The van der Waals surface area contributed by atoms with Gasteiger partial charge in [-0.1, -0.05) is 18.2 Å². The van der Waals surface area contributed by atoms with Crippen molar-refractivity contribution in [1.82, 2.24) is 0 Å². The van der Waals surface area contributed by atoms with Crippen LogP contribution >= 0.6 is 0 Å². The highest BCUT2D eigenvalue weighted by Crippen LogP contribution is 2.06. The molecular formula is C22H34O11. The molecule has 0 spiro atoms. The smallest absolute Gasteiger partial charge is 0.335 e. The number of esters is 3. The van der Waals surface area contributed by atoms with E-state index in [2.05, 4.69) is 0 Å². The largest absolute Gasteiger partial charge is 0.460 e. The SMILES string of the molecule is CC=CC(=O)OCC(O)COCC(OCC(O)COC(=O)C=CC)OC(=O)C(C)=CCCO. The van der Waals surface area contributed by atoms with E-state index in [-0.39, 0.29) is 51.6 Å². The van der Waals surface area contributed by atoms with E-state index in [1.165, 1.54) is 37.3 Å². The molecule has 0 aromatic carbocycles. The lowest BCUT2D eigenvalue weighted by Gasteiger charge is -2.21. The van der Waals surface area contributed by atoms with Crippen molar-refractivity contribution in [1.29, 1.82) is 0 Å². The lowest BCUT2D eigenvalue weighted by atomic mass is 10.2. The molecule has 3 unspecified atom stereocenters. The Morgan fingerprint density at radius 3 is 1.91 bits per heavy atom. The number of carbonyl (C=O) groups excluding carboxylic acids is 3. The van der Waals surface area contributed by atoms with Gasteiger partial charge in [-0.2, -0.15) is 0 Å². The van der Waals surface area contributed by atoms with Crippen molar-refractivity contribution in [3.05, 3.63) is 36.0 Å². The van der Waals surface area contributed by atoms with Gasteiger partial charge in [0.2, 0.25) is 6.29 Å². The fourth-order valence-corrected chi connectivity index (χ4v) is 2.03. The highest BCUT2D eigenvalue weighted by atomic mass is 16.7. The Kier molecular flexibility index (Phi) is 17.5. The van der Waals surface area contributed by atoms with Gasteiger partial charge in [0, 0.05) is 24.3 Å². The molecule has 0 bridgehead atoms. The maximum Gasteiger partial charge on any atom is 0.335 e. The molecule has 3 N–H and O–H groups in total. The van der Waals surface area contributed by atoms with E-state index in [9.17, 15) is 24.6 Å². The Bertz CT molecular complexity index is 669. The van der Waals surface area contributed by atoms with E-state index in [1.807, 2.05) is 0 Å². The summed E-state index contributed by atoms with van der Waals surface area (Å²) in [5, 5.41) is 28.6. The summed E-state index contributed by atoms with van der Waals surface area (Å²) in [7, 11) is 0. The van der Waals surface area contributed by atoms with Gasteiger partial charge in [-0.15, -0.1) is 0 Å². The van der Waals surface area contributed by atoms with Gasteiger partial charge in [-0.05, 0) is 27.2 Å². The van der Waals surface area contributed by atoms with Crippen molar-refractivity contribution in [2.75, 3.05) is 39.6 Å². The number of aliphatic hydroxyl groups excluding tert-OH is 3. The van der Waals surface area contributed by atoms with Crippen molar-refractivity contribution < 1.29 is 53.4 Å². The number of rotatable bonds is 17. The summed E-state index contributed by atoms with van der Waals surface area (Å²) in [6.07, 6.45) is 3.54. The summed E-state index contributed by atoms with van der Waals surface area (Å²) in [5.74, 6) is -1.97. The van der Waals surface area contributed by atoms with Crippen LogP contribution in [0, 0.1) is 0 Å². The summed E-state index contributed by atoms with van der Waals surface area (Å²) in [6.45, 7) is 3.12. The van der Waals surface area contributed by atoms with Crippen molar-refractivity contribution in [3.63, 3.8) is 0 Å². The Labute approximate surface area is 193 Å². The Morgan fingerprint density at radius 1 is 0.848 bits per heavy atom. The molecule has 3 atom stereocenters. The van der Waals surface area contributed by atoms with Crippen LogP contribution in [0.2, 0.25) is 0 Å². The van der Waals surface area contributed by atoms with Gasteiger partial charge in [-0.25, -0.2) is 14.4 Å². The summed E-state index contributed by atoms with van der Waals surface area (Å²) < 4.78 is 25.4. The minimum absolute atomic E-state index is 0.137. The normalized spacial score (nSPS) is 14.8. The number of hydrogen-bond donors (Lipinski definition) is 3. The van der Waals surface area contributed by atoms with Crippen molar-refractivity contribution in [2.45, 2.75) is 45.7 Å². The minimum Gasteiger partial charge on any atom is -0.460 e. The van der Waals surface area contributed by atoms with Gasteiger partial charge in [0.25, 0.3) is 0 Å². The topological polar surface area (TPSA) is 158 Å². The highest BCUT2D eigenvalue weighted by Gasteiger charge is 2.20. The monoisotopic (exact) mass is 474 g/mol. The first-order valence-electron chi connectivity index (χ1n) is 10.4. The van der Waals surface area contributed by atoms with Crippen LogP contribution in [0.4, 0.5) is 0 Å². The van der Waals surface area contributed by atoms with Crippen LogP contribution < -0.4 is 0 Å². The third-order valence-corrected chi connectivity index (χ3v) is 3.62. The van der Waals surface area contributed by atoms with Crippen molar-refractivity contribution >= 4 is 17.9 Å². The summed E-state index contributed by atoms with van der Waals surface area (Å²) >= 11 is 0. The van der Waals surface area contributed by atoms with Crippen LogP contribution in [0.1, 0.15) is 27.2 Å². The average Bonchev–Trinajstić information content (AvgIpc) is 2.78. The molecule has 33 heavy (non-hydrogen) atoms. The van der Waals surface area contributed by atoms with Crippen molar-refractivity contribution in [3.8, 4) is 0 Å². The maximum absolute atomic E-state index is 12.2. The summed E-state index contributed by atoms with van der Waals surface area (Å²) in [6, 6.07) is 0. The number of hydrogen-bond acceptors (Lipinski definition) is 11. The van der Waals surface area contributed by atoms with Crippen molar-refractivity contribution in [2.24, 2.45) is 0 Å². The zero-order valence-corrected chi connectivity index (χ0v) is 19.2. The maximum atomic E-state index is 12.2. The first-order chi connectivity index (χ1) is 15.7. The third kappa shape index (κ3) is 16.7. The fraction of sp³-hybridized carbons (Fsp3) is 0.591. The van der Waals surface area contributed by atoms with E-state index < -0.39 is 36.4 Å². The molecular weight excluding hydrogens is 440 g/mol. The summed E-state index contributed by atoms with van der Waals surface area (Å²) in [4.78, 5) is 34.7. The molecule has 11 heteroatoms. The molecule has 0 radical (unpaired) electrons. The third-order valence-electron chi connectivity index (χ3n) is 3.62. The molecule has 0 saturated heterocycles. The molecule has 11 nitrogen and oxygen atoms in total. The van der Waals surface area contributed by atoms with Crippen LogP contribution in [0.5, 0.6) is 0 Å². The molecule has 188 valence electrons. The van der Waals surface area contributed by atoms with Gasteiger partial charge < -0.3 is 39.0 Å². The van der Waals surface area contributed by atoms with E-state index in [1.54, 1.807) is 13.8 Å². The lowest BCUT2D eigenvalue weighted by molar-refractivity contribution is -0.197. The second-order valence-electron chi connectivity index (χ2n) is 6.67. The van der Waals surface area contributed by atoms with Crippen LogP contribution in [-0.2, 0) is 38.1 Å². The van der Waals surface area contributed by atoms with Gasteiger partial charge in [0.1, 0.15) is 32.0 Å². The Morgan fingerprint density at radius 2 is 1.39 bits per heavy atom. The first-order valence-corrected chi connectivity index (χ1v) is 10.4. The molecule has 0 aliphatic heterocycles. The first kappa shape index (κ1) is 30.4. The second-order valence-corrected chi connectivity index (χ2v) is 6.67. The van der Waals surface area contributed by atoms with Crippen LogP contribution in [-0.4, -0.2) is 91.4 Å². The second kappa shape index (κ2) is 18.9. The predicted molar refractivity (Wildman–Crippen MR) is 116 cm³/mol. The Hall–Kier alpha value is -2.57. The van der Waals surface area contributed by atoms with Crippen LogP contribution in [0.15, 0.2) is 36.0 Å². The van der Waals surface area contributed by atoms with E-state index in [0.29, 0.717) is 0 Å². The number of ether oxygens (including phenoxy) is 5. The molecule has 0 aromatic rings. The molecule has 0 fully saturated rings. The molecule has 0 saturated carbocycles. The van der Waals surface area contributed by atoms with E-state index in [4.69, 9.17) is 28.8 Å². The van der Waals surface area contributed by atoms with Gasteiger partial charge in [-0.3, -0.25) is 0 Å². The lowest BCUT2D eigenvalue weighted by Crippen LogP contribution is -2.33. The zero-order chi connectivity index (χ0) is 25.1. The minimum atomic E-state index is -1.26. The molecule has 0 aliphatic rings. The van der Waals surface area contributed by atoms with Crippen LogP contribution in [0.25, 0.3) is 0 Å². The van der Waals surface area contributed by atoms with Gasteiger partial charge in [0.15, 0.2) is 0 Å². The van der Waals surface area contributed by atoms with Gasteiger partial charge in [0.05, 0.1) is 13.2 Å². The van der Waals surface area contributed by atoms with E-state index in [0.717, 1.165) is 0 Å². The Balaban J connectivity index is 4.72. The highest BCUT2D eigenvalue weighted by molar-refractivity contribution is 5.87. The fourth-order valence-electron chi connectivity index (χ4n) is 2.03. The molecule has 0 aromatic heterocycles. The van der Waals surface area contributed by atoms with E-state index >= 15 is 0 Å². The number of carbonyl (C=O) groups is 3. The molecule has 0 rings (SSSR count). The zero-order valence-electron chi connectivity index (χ0n) is 19.2. The summed E-state index contributed by atoms with van der Waals surface area (Å²) in [5.41, 5.74) is 0.231. The van der Waals surface area contributed by atoms with Gasteiger partial charge >= 0.3 is 17.9 Å². The number of aliphatic hydroxyl groups is 3.